The minimum absolute atomic E-state index is 0.0779. The normalized spacial score (nSPS) is 22.2. The third kappa shape index (κ3) is 3.51. The monoisotopic (exact) mass is 390 g/mol. The van der Waals surface area contributed by atoms with Gasteiger partial charge in [0, 0.05) is 37.9 Å². The first-order chi connectivity index (χ1) is 14.1. The second-order valence-electron chi connectivity index (χ2n) is 8.70. The Morgan fingerprint density at radius 1 is 1.14 bits per heavy atom. The zero-order valence-electron chi connectivity index (χ0n) is 16.7. The highest BCUT2D eigenvalue weighted by molar-refractivity contribution is 5.95. The number of rotatable bonds is 2. The SMILES string of the molecule is CN1CC(c2ccccc2)CC2(CCN(C(=O)c3ccn4nnnc4c3)CC2)C1. The van der Waals surface area contributed by atoms with Crippen LogP contribution < -0.4 is 0 Å². The number of likely N-dealkylation sites (N-methyl/N-ethyl adjacent to an activating group) is 1. The molecule has 0 N–H and O–H groups in total. The first-order valence-corrected chi connectivity index (χ1v) is 10.3. The van der Waals surface area contributed by atoms with Crippen molar-refractivity contribution in [3.8, 4) is 0 Å². The minimum Gasteiger partial charge on any atom is -0.339 e. The number of amides is 1. The predicted octanol–water partition coefficient (Wildman–Crippen LogP) is 2.47. The summed E-state index contributed by atoms with van der Waals surface area (Å²) in [5.74, 6) is 0.647. The van der Waals surface area contributed by atoms with Crippen molar-refractivity contribution in [2.24, 2.45) is 5.41 Å². The van der Waals surface area contributed by atoms with E-state index >= 15 is 0 Å². The molecule has 0 aliphatic carbocycles. The van der Waals surface area contributed by atoms with Crippen molar-refractivity contribution in [3.05, 3.63) is 59.8 Å². The summed E-state index contributed by atoms with van der Waals surface area (Å²) in [5.41, 5.74) is 2.99. The van der Waals surface area contributed by atoms with Gasteiger partial charge in [-0.25, -0.2) is 4.52 Å². The number of piperidine rings is 2. The number of hydrogen-bond acceptors (Lipinski definition) is 5. The van der Waals surface area contributed by atoms with E-state index in [0.717, 1.165) is 39.0 Å². The van der Waals surface area contributed by atoms with Gasteiger partial charge in [0.05, 0.1) is 0 Å². The van der Waals surface area contributed by atoms with Crippen molar-refractivity contribution >= 4 is 11.6 Å². The third-order valence-electron chi connectivity index (χ3n) is 6.64. The number of tetrazole rings is 1. The van der Waals surface area contributed by atoms with E-state index in [4.69, 9.17) is 0 Å². The molecule has 1 spiro atoms. The average Bonchev–Trinajstić information content (AvgIpc) is 3.22. The Kier molecular flexibility index (Phi) is 4.54. The molecule has 0 saturated carbocycles. The number of carbonyl (C=O) groups is 1. The molecule has 7 nitrogen and oxygen atoms in total. The molecule has 2 aromatic heterocycles. The Balaban J connectivity index is 1.29. The van der Waals surface area contributed by atoms with Crippen LogP contribution in [0.15, 0.2) is 48.7 Å². The molecule has 5 rings (SSSR count). The minimum atomic E-state index is 0.0779. The Labute approximate surface area is 170 Å². The number of pyridine rings is 1. The van der Waals surface area contributed by atoms with Gasteiger partial charge in [0.2, 0.25) is 0 Å². The van der Waals surface area contributed by atoms with Crippen LogP contribution in [-0.4, -0.2) is 69.0 Å². The molecule has 1 unspecified atom stereocenters. The lowest BCUT2D eigenvalue weighted by atomic mass is 9.68. The zero-order chi connectivity index (χ0) is 19.8. The summed E-state index contributed by atoms with van der Waals surface area (Å²) >= 11 is 0. The summed E-state index contributed by atoms with van der Waals surface area (Å²) in [6.07, 6.45) is 5.07. The van der Waals surface area contributed by atoms with Crippen LogP contribution in [0.3, 0.4) is 0 Å². The van der Waals surface area contributed by atoms with Gasteiger partial charge in [-0.05, 0) is 65.8 Å². The number of likely N-dealkylation sites (tertiary alicyclic amines) is 2. The Morgan fingerprint density at radius 3 is 2.72 bits per heavy atom. The maximum Gasteiger partial charge on any atom is 0.254 e. The van der Waals surface area contributed by atoms with Crippen LogP contribution in [0.1, 0.15) is 41.1 Å². The van der Waals surface area contributed by atoms with Crippen LogP contribution in [0.25, 0.3) is 5.65 Å². The van der Waals surface area contributed by atoms with Crippen molar-refractivity contribution in [1.82, 2.24) is 29.8 Å². The van der Waals surface area contributed by atoms with Crippen LogP contribution in [-0.2, 0) is 0 Å². The second kappa shape index (κ2) is 7.22. The lowest BCUT2D eigenvalue weighted by Crippen LogP contribution is -2.51. The first kappa shape index (κ1) is 18.2. The van der Waals surface area contributed by atoms with Gasteiger partial charge in [-0.1, -0.05) is 30.3 Å². The molecule has 0 radical (unpaired) electrons. The summed E-state index contributed by atoms with van der Waals surface area (Å²) in [6, 6.07) is 14.4. The number of aromatic nitrogens is 4. The summed E-state index contributed by atoms with van der Waals surface area (Å²) in [6.45, 7) is 3.85. The lowest BCUT2D eigenvalue weighted by molar-refractivity contribution is 0.0224. The molecule has 2 saturated heterocycles. The fraction of sp³-hybridized carbons (Fsp3) is 0.455. The Morgan fingerprint density at radius 2 is 1.93 bits per heavy atom. The third-order valence-corrected chi connectivity index (χ3v) is 6.64. The van der Waals surface area contributed by atoms with Gasteiger partial charge in [-0.15, -0.1) is 5.10 Å². The second-order valence-corrected chi connectivity index (χ2v) is 8.70. The van der Waals surface area contributed by atoms with E-state index in [2.05, 4.69) is 57.8 Å². The van der Waals surface area contributed by atoms with Crippen LogP contribution in [0.2, 0.25) is 0 Å². The quantitative estimate of drug-likeness (QED) is 0.673. The van der Waals surface area contributed by atoms with Gasteiger partial charge in [0.1, 0.15) is 0 Å². The number of benzene rings is 1. The maximum absolute atomic E-state index is 13.0. The van der Waals surface area contributed by atoms with E-state index in [-0.39, 0.29) is 5.91 Å². The van der Waals surface area contributed by atoms with Crippen molar-refractivity contribution in [3.63, 3.8) is 0 Å². The molecule has 1 amide bonds. The summed E-state index contributed by atoms with van der Waals surface area (Å²) < 4.78 is 1.57. The van der Waals surface area contributed by atoms with Crippen LogP contribution >= 0.6 is 0 Å². The van der Waals surface area contributed by atoms with E-state index < -0.39 is 0 Å². The fourth-order valence-corrected chi connectivity index (χ4v) is 5.22. The highest BCUT2D eigenvalue weighted by Gasteiger charge is 2.42. The molecule has 0 bridgehead atoms. The van der Waals surface area contributed by atoms with Gasteiger partial charge in [0.25, 0.3) is 5.91 Å². The van der Waals surface area contributed by atoms with E-state index in [1.54, 1.807) is 22.8 Å². The number of hydrogen-bond donors (Lipinski definition) is 0. The molecule has 150 valence electrons. The smallest absolute Gasteiger partial charge is 0.254 e. The molecule has 3 aromatic rings. The summed E-state index contributed by atoms with van der Waals surface area (Å²) in [4.78, 5) is 17.5. The molecule has 7 heteroatoms. The predicted molar refractivity (Wildman–Crippen MR) is 110 cm³/mol. The van der Waals surface area contributed by atoms with Crippen LogP contribution in [0.4, 0.5) is 0 Å². The Bertz CT molecular complexity index is 1010. The molecule has 2 aliphatic heterocycles. The standard InChI is InChI=1S/C22H26N6O/c1-26-15-19(17-5-3-2-4-6-17)14-22(16-26)8-11-27(12-9-22)21(29)18-7-10-28-20(13-18)23-24-25-28/h2-7,10,13,19H,8-9,11-12,14-16H2,1H3. The molecule has 2 fully saturated rings. The summed E-state index contributed by atoms with van der Waals surface area (Å²) in [5, 5.41) is 11.4. The molecule has 2 aliphatic rings. The van der Waals surface area contributed by atoms with Gasteiger partial charge in [-0.2, -0.15) is 0 Å². The molecule has 1 atom stereocenters. The molecular formula is C22H26N6O. The van der Waals surface area contributed by atoms with E-state index in [0.29, 0.717) is 22.5 Å². The van der Waals surface area contributed by atoms with Gasteiger partial charge in [-0.3, -0.25) is 4.79 Å². The van der Waals surface area contributed by atoms with Crippen molar-refractivity contribution in [2.75, 3.05) is 33.2 Å². The van der Waals surface area contributed by atoms with Crippen molar-refractivity contribution < 1.29 is 4.79 Å². The van der Waals surface area contributed by atoms with E-state index in [9.17, 15) is 4.79 Å². The van der Waals surface area contributed by atoms with E-state index in [1.807, 2.05) is 4.90 Å². The van der Waals surface area contributed by atoms with E-state index in [1.165, 1.54) is 12.0 Å². The summed E-state index contributed by atoms with van der Waals surface area (Å²) in [7, 11) is 2.23. The topological polar surface area (TPSA) is 66.6 Å². The highest BCUT2D eigenvalue weighted by Crippen LogP contribution is 2.44. The fourth-order valence-electron chi connectivity index (χ4n) is 5.22. The number of nitrogens with zero attached hydrogens (tertiary/aromatic N) is 6. The maximum atomic E-state index is 13.0. The number of fused-ring (bicyclic) bond motifs is 1. The molecule has 29 heavy (non-hydrogen) atoms. The van der Waals surface area contributed by atoms with Crippen molar-refractivity contribution in [2.45, 2.75) is 25.2 Å². The molecule has 1 aromatic carbocycles. The zero-order valence-corrected chi connectivity index (χ0v) is 16.7. The van der Waals surface area contributed by atoms with Crippen LogP contribution in [0, 0.1) is 5.41 Å². The van der Waals surface area contributed by atoms with Gasteiger partial charge < -0.3 is 9.80 Å². The van der Waals surface area contributed by atoms with Crippen LogP contribution in [0.5, 0.6) is 0 Å². The molecule has 4 heterocycles. The first-order valence-electron chi connectivity index (χ1n) is 10.3. The van der Waals surface area contributed by atoms with Gasteiger partial charge >= 0.3 is 0 Å². The highest BCUT2D eigenvalue weighted by atomic mass is 16.2. The van der Waals surface area contributed by atoms with Crippen molar-refractivity contribution in [1.29, 1.82) is 0 Å². The lowest BCUT2D eigenvalue weighted by Gasteiger charge is -2.49. The number of carbonyl (C=O) groups excluding carboxylic acids is 1. The molecular weight excluding hydrogens is 364 g/mol. The Hall–Kier alpha value is -2.80. The largest absolute Gasteiger partial charge is 0.339 e. The average molecular weight is 390 g/mol. The van der Waals surface area contributed by atoms with Gasteiger partial charge in [0.15, 0.2) is 5.65 Å².